The first-order valence-electron chi connectivity index (χ1n) is 10.1. The highest BCUT2D eigenvalue weighted by molar-refractivity contribution is 9.10. The molecule has 2 heterocycles. The lowest BCUT2D eigenvalue weighted by Crippen LogP contribution is -2.56. The molecule has 2 N–H and O–H groups in total. The standard InChI is InChI=1S/C21H27BrN4O4/c1-5-21(19-23-15-11-13(22)7-8-14(15)17(27)25-19)9-6-10-26(21)18(28)16(12(2)3)24-20(29)30-4/h7-8,11-12,16H,5-6,9-10H2,1-4H3,(H,24,29)(H,23,25,27). The number of fused-ring (bicyclic) bond motifs is 1. The molecule has 3 rings (SSSR count). The van der Waals surface area contributed by atoms with Gasteiger partial charge in [-0.1, -0.05) is 36.7 Å². The third kappa shape index (κ3) is 3.95. The molecule has 1 aromatic heterocycles. The van der Waals surface area contributed by atoms with Gasteiger partial charge in [-0.15, -0.1) is 0 Å². The molecular weight excluding hydrogens is 452 g/mol. The van der Waals surface area contributed by atoms with E-state index in [9.17, 15) is 14.4 Å². The molecule has 2 atom stereocenters. The molecule has 2 amide bonds. The van der Waals surface area contributed by atoms with Crippen LogP contribution in [-0.4, -0.2) is 46.6 Å². The highest BCUT2D eigenvalue weighted by Crippen LogP contribution is 2.41. The zero-order valence-electron chi connectivity index (χ0n) is 17.6. The van der Waals surface area contributed by atoms with E-state index in [1.807, 2.05) is 20.8 Å². The average molecular weight is 479 g/mol. The van der Waals surface area contributed by atoms with Gasteiger partial charge in [-0.2, -0.15) is 0 Å². The number of ether oxygens (including phenoxy) is 1. The van der Waals surface area contributed by atoms with Crippen LogP contribution in [0.25, 0.3) is 10.9 Å². The van der Waals surface area contributed by atoms with Gasteiger partial charge in [0.2, 0.25) is 5.91 Å². The Morgan fingerprint density at radius 2 is 2.13 bits per heavy atom. The highest BCUT2D eigenvalue weighted by atomic mass is 79.9. The average Bonchev–Trinajstić information content (AvgIpc) is 3.16. The van der Waals surface area contributed by atoms with E-state index in [1.165, 1.54) is 7.11 Å². The Labute approximate surface area is 183 Å². The largest absolute Gasteiger partial charge is 0.453 e. The molecule has 30 heavy (non-hydrogen) atoms. The van der Waals surface area contributed by atoms with Crippen LogP contribution in [-0.2, 0) is 15.1 Å². The summed E-state index contributed by atoms with van der Waals surface area (Å²) < 4.78 is 5.52. The first-order valence-corrected chi connectivity index (χ1v) is 10.9. The first-order chi connectivity index (χ1) is 14.2. The number of aromatic amines is 1. The van der Waals surface area contributed by atoms with Crippen LogP contribution in [0.5, 0.6) is 0 Å². The summed E-state index contributed by atoms with van der Waals surface area (Å²) in [6.45, 7) is 6.25. The Hall–Kier alpha value is -2.42. The molecule has 0 radical (unpaired) electrons. The van der Waals surface area contributed by atoms with E-state index in [1.54, 1.807) is 23.1 Å². The number of rotatable bonds is 5. The second-order valence-electron chi connectivity index (χ2n) is 7.91. The lowest BCUT2D eigenvalue weighted by Gasteiger charge is -2.39. The normalized spacial score (nSPS) is 19.9. The van der Waals surface area contributed by atoms with E-state index in [-0.39, 0.29) is 17.4 Å². The molecule has 0 saturated carbocycles. The van der Waals surface area contributed by atoms with Crippen LogP contribution in [0.2, 0.25) is 0 Å². The summed E-state index contributed by atoms with van der Waals surface area (Å²) in [5.41, 5.74) is -0.399. The van der Waals surface area contributed by atoms with Gasteiger partial charge in [0.05, 0.1) is 18.0 Å². The minimum atomic E-state index is -0.738. The van der Waals surface area contributed by atoms with E-state index in [0.29, 0.717) is 36.1 Å². The second kappa shape index (κ2) is 8.75. The number of likely N-dealkylation sites (tertiary alicyclic amines) is 1. The summed E-state index contributed by atoms with van der Waals surface area (Å²) in [5.74, 6) is 0.144. The number of hydrogen-bond acceptors (Lipinski definition) is 5. The molecule has 1 aliphatic rings. The molecular formula is C21H27BrN4O4. The highest BCUT2D eigenvalue weighted by Gasteiger charge is 2.48. The molecule has 1 aliphatic heterocycles. The third-order valence-corrected chi connectivity index (χ3v) is 6.33. The van der Waals surface area contributed by atoms with E-state index in [2.05, 4.69) is 26.2 Å². The summed E-state index contributed by atoms with van der Waals surface area (Å²) in [7, 11) is 1.27. The van der Waals surface area contributed by atoms with Crippen molar-refractivity contribution in [2.75, 3.05) is 13.7 Å². The Kier molecular flexibility index (Phi) is 6.50. The summed E-state index contributed by atoms with van der Waals surface area (Å²) in [5, 5.41) is 3.15. The van der Waals surface area contributed by atoms with E-state index >= 15 is 0 Å². The van der Waals surface area contributed by atoms with Crippen LogP contribution < -0.4 is 10.9 Å². The number of nitrogens with one attached hydrogen (secondary N) is 2. The number of methoxy groups -OCH3 is 1. The second-order valence-corrected chi connectivity index (χ2v) is 8.83. The maximum absolute atomic E-state index is 13.5. The van der Waals surface area contributed by atoms with Crippen LogP contribution in [0.4, 0.5) is 4.79 Å². The van der Waals surface area contributed by atoms with Crippen molar-refractivity contribution >= 4 is 38.8 Å². The number of aromatic nitrogens is 2. The molecule has 0 spiro atoms. The fourth-order valence-corrected chi connectivity index (χ4v) is 4.53. The molecule has 0 bridgehead atoms. The Balaban J connectivity index is 2.07. The Morgan fingerprint density at radius 3 is 2.77 bits per heavy atom. The molecule has 0 aliphatic carbocycles. The van der Waals surface area contributed by atoms with E-state index < -0.39 is 17.7 Å². The zero-order chi connectivity index (χ0) is 22.1. The van der Waals surface area contributed by atoms with Crippen molar-refractivity contribution in [3.63, 3.8) is 0 Å². The first kappa shape index (κ1) is 22.3. The molecule has 162 valence electrons. The molecule has 1 saturated heterocycles. The number of hydrogen-bond donors (Lipinski definition) is 2. The maximum atomic E-state index is 13.5. The fraction of sp³-hybridized carbons (Fsp3) is 0.524. The van der Waals surface area contributed by atoms with Gasteiger partial charge in [0.1, 0.15) is 17.4 Å². The predicted octanol–water partition coefficient (Wildman–Crippen LogP) is 3.29. The van der Waals surface area contributed by atoms with Crippen molar-refractivity contribution < 1.29 is 14.3 Å². The number of alkyl carbamates (subject to hydrolysis) is 1. The number of carbonyl (C=O) groups is 2. The van der Waals surface area contributed by atoms with Gasteiger partial charge in [0, 0.05) is 11.0 Å². The lowest BCUT2D eigenvalue weighted by atomic mass is 9.90. The number of amides is 2. The van der Waals surface area contributed by atoms with Crippen molar-refractivity contribution in [2.24, 2.45) is 5.92 Å². The smallest absolute Gasteiger partial charge is 0.407 e. The van der Waals surface area contributed by atoms with E-state index in [4.69, 9.17) is 9.72 Å². The van der Waals surface area contributed by atoms with Crippen LogP contribution >= 0.6 is 15.9 Å². The Morgan fingerprint density at radius 1 is 1.40 bits per heavy atom. The summed E-state index contributed by atoms with van der Waals surface area (Å²) in [4.78, 5) is 47.5. The number of halogens is 1. The molecule has 2 unspecified atom stereocenters. The van der Waals surface area contributed by atoms with Crippen LogP contribution in [0, 0.1) is 5.92 Å². The van der Waals surface area contributed by atoms with Crippen molar-refractivity contribution in [3.8, 4) is 0 Å². The Bertz CT molecular complexity index is 1020. The van der Waals surface area contributed by atoms with Gasteiger partial charge in [0.25, 0.3) is 5.56 Å². The van der Waals surface area contributed by atoms with Gasteiger partial charge in [-0.05, 0) is 43.4 Å². The van der Waals surface area contributed by atoms with Crippen LogP contribution in [0.1, 0.15) is 45.9 Å². The number of H-pyrrole nitrogens is 1. The SMILES string of the molecule is CCC1(c2nc3cc(Br)ccc3c(=O)[nH]2)CCCN1C(=O)C(NC(=O)OC)C(C)C. The van der Waals surface area contributed by atoms with Crippen LogP contribution in [0.3, 0.4) is 0 Å². The summed E-state index contributed by atoms with van der Waals surface area (Å²) in [6.07, 6.45) is 1.40. The van der Waals surface area contributed by atoms with Gasteiger partial charge in [0.15, 0.2) is 0 Å². The molecule has 8 nitrogen and oxygen atoms in total. The molecule has 1 fully saturated rings. The quantitative estimate of drug-likeness (QED) is 0.685. The van der Waals surface area contributed by atoms with Crippen molar-refractivity contribution in [1.29, 1.82) is 0 Å². The molecule has 9 heteroatoms. The van der Waals surface area contributed by atoms with Crippen molar-refractivity contribution in [1.82, 2.24) is 20.2 Å². The molecule has 2 aromatic rings. The lowest BCUT2D eigenvalue weighted by molar-refractivity contribution is -0.139. The number of carbonyl (C=O) groups excluding carboxylic acids is 2. The minimum Gasteiger partial charge on any atom is -0.453 e. The van der Waals surface area contributed by atoms with Crippen molar-refractivity contribution in [3.05, 3.63) is 38.9 Å². The summed E-state index contributed by atoms with van der Waals surface area (Å²) in [6, 6.07) is 4.59. The minimum absolute atomic E-state index is 0.133. The number of benzene rings is 1. The third-order valence-electron chi connectivity index (χ3n) is 5.84. The van der Waals surface area contributed by atoms with Crippen LogP contribution in [0.15, 0.2) is 27.5 Å². The van der Waals surface area contributed by atoms with Gasteiger partial charge < -0.3 is 19.9 Å². The van der Waals surface area contributed by atoms with Gasteiger partial charge in [-0.3, -0.25) is 9.59 Å². The maximum Gasteiger partial charge on any atom is 0.407 e. The topological polar surface area (TPSA) is 104 Å². The summed E-state index contributed by atoms with van der Waals surface area (Å²) >= 11 is 3.43. The van der Waals surface area contributed by atoms with Gasteiger partial charge >= 0.3 is 6.09 Å². The van der Waals surface area contributed by atoms with Crippen molar-refractivity contribution in [2.45, 2.75) is 51.6 Å². The predicted molar refractivity (Wildman–Crippen MR) is 117 cm³/mol. The molecule has 1 aromatic carbocycles. The monoisotopic (exact) mass is 478 g/mol. The fourth-order valence-electron chi connectivity index (χ4n) is 4.18. The van der Waals surface area contributed by atoms with E-state index in [0.717, 1.165) is 10.9 Å². The van der Waals surface area contributed by atoms with Gasteiger partial charge in [-0.25, -0.2) is 9.78 Å². The number of nitrogens with zero attached hydrogens (tertiary/aromatic N) is 2. The zero-order valence-corrected chi connectivity index (χ0v) is 19.2.